The molecule has 0 aliphatic heterocycles. The molecule has 0 aromatic carbocycles. The van der Waals surface area contributed by atoms with Gasteiger partial charge < -0.3 is 16.2 Å². The number of carboxylic acids is 1. The number of carbonyl (C=O) groups is 2. The maximum atomic E-state index is 11.8. The number of urea groups is 1. The summed E-state index contributed by atoms with van der Waals surface area (Å²) in [4.78, 5) is 36.9. The van der Waals surface area contributed by atoms with Crippen molar-refractivity contribution in [1.82, 2.24) is 14.9 Å². The van der Waals surface area contributed by atoms with Crippen molar-refractivity contribution in [3.05, 3.63) is 27.4 Å². The normalized spacial score (nSPS) is 10.3. The molecular formula is C12H18N4O4. The lowest BCUT2D eigenvalue weighted by Gasteiger charge is -2.15. The van der Waals surface area contributed by atoms with E-state index in [1.807, 2.05) is 0 Å². The number of nitrogens with two attached hydrogens (primary N) is 1. The number of hydrogen-bond acceptors (Lipinski definition) is 4. The molecule has 0 atom stereocenters. The van der Waals surface area contributed by atoms with E-state index < -0.39 is 17.7 Å². The van der Waals surface area contributed by atoms with E-state index in [9.17, 15) is 14.4 Å². The molecule has 0 aliphatic carbocycles. The fourth-order valence-corrected chi connectivity index (χ4v) is 1.99. The number of rotatable bonds is 6. The molecule has 2 amide bonds. The summed E-state index contributed by atoms with van der Waals surface area (Å²) >= 11 is 0. The van der Waals surface area contributed by atoms with Gasteiger partial charge in [0.25, 0.3) is 0 Å². The van der Waals surface area contributed by atoms with Crippen molar-refractivity contribution in [2.24, 2.45) is 5.73 Å². The molecule has 4 N–H and O–H groups in total. The van der Waals surface area contributed by atoms with Crippen LogP contribution in [-0.2, 0) is 17.8 Å². The summed E-state index contributed by atoms with van der Waals surface area (Å²) < 4.78 is 1.40. The molecule has 0 unspecified atom stereocenters. The largest absolute Gasteiger partial charge is 0.481 e. The van der Waals surface area contributed by atoms with Crippen LogP contribution in [0.2, 0.25) is 0 Å². The molecule has 1 heterocycles. The highest BCUT2D eigenvalue weighted by Gasteiger charge is 2.12. The lowest BCUT2D eigenvalue weighted by Crippen LogP contribution is -2.36. The number of nitrogens with zero attached hydrogens (tertiary/aromatic N) is 2. The monoisotopic (exact) mass is 282 g/mol. The van der Waals surface area contributed by atoms with Gasteiger partial charge >= 0.3 is 17.7 Å². The summed E-state index contributed by atoms with van der Waals surface area (Å²) in [5, 5.41) is 11.1. The molecule has 0 bridgehead atoms. The molecule has 1 aromatic heterocycles. The minimum absolute atomic E-state index is 0.0267. The first-order chi connectivity index (χ1) is 9.32. The molecule has 8 heteroatoms. The molecule has 0 saturated carbocycles. The molecule has 110 valence electrons. The molecule has 0 radical (unpaired) electrons. The zero-order valence-corrected chi connectivity index (χ0v) is 11.5. The number of aromatic nitrogens is 2. The third kappa shape index (κ3) is 4.08. The van der Waals surface area contributed by atoms with Gasteiger partial charge in [0.15, 0.2) is 0 Å². The summed E-state index contributed by atoms with van der Waals surface area (Å²) in [7, 11) is 0. The Morgan fingerprint density at radius 3 is 2.60 bits per heavy atom. The van der Waals surface area contributed by atoms with Gasteiger partial charge in [0.05, 0.1) is 0 Å². The van der Waals surface area contributed by atoms with Crippen molar-refractivity contribution in [3.63, 3.8) is 0 Å². The molecule has 0 aliphatic rings. The Balaban J connectivity index is 2.99. The van der Waals surface area contributed by atoms with Gasteiger partial charge in [-0.3, -0.25) is 9.36 Å². The first-order valence-corrected chi connectivity index (χ1v) is 6.15. The lowest BCUT2D eigenvalue weighted by atomic mass is 10.1. The van der Waals surface area contributed by atoms with Crippen LogP contribution in [-0.4, -0.2) is 33.2 Å². The molecule has 20 heavy (non-hydrogen) atoms. The standard InChI is InChI=1S/C12H18N4O4/c1-7-9(3-4-10(17)18)8(2)16(12(20)15-7)6-5-14-11(13)19/h3-6H2,1-2H3,(H,17,18)(H3,13,14,19). The average molecular weight is 282 g/mol. The number of aliphatic carboxylic acids is 1. The minimum atomic E-state index is -0.906. The molecule has 0 saturated heterocycles. The molecule has 8 nitrogen and oxygen atoms in total. The molecule has 0 fully saturated rings. The highest BCUT2D eigenvalue weighted by atomic mass is 16.4. The van der Waals surface area contributed by atoms with Crippen LogP contribution in [0.1, 0.15) is 23.4 Å². The van der Waals surface area contributed by atoms with Crippen LogP contribution in [0.4, 0.5) is 4.79 Å². The first kappa shape index (κ1) is 15.7. The van der Waals surface area contributed by atoms with E-state index in [0.29, 0.717) is 17.8 Å². The quantitative estimate of drug-likeness (QED) is 0.651. The van der Waals surface area contributed by atoms with E-state index in [0.717, 1.165) is 5.56 Å². The van der Waals surface area contributed by atoms with Crippen molar-refractivity contribution in [3.8, 4) is 0 Å². The van der Waals surface area contributed by atoms with E-state index >= 15 is 0 Å². The Hall–Kier alpha value is -2.38. The van der Waals surface area contributed by atoms with Crippen molar-refractivity contribution in [1.29, 1.82) is 0 Å². The van der Waals surface area contributed by atoms with Gasteiger partial charge in [-0.05, 0) is 25.8 Å². The van der Waals surface area contributed by atoms with Gasteiger partial charge in [-0.25, -0.2) is 9.59 Å². The lowest BCUT2D eigenvalue weighted by molar-refractivity contribution is -0.136. The zero-order valence-electron chi connectivity index (χ0n) is 11.5. The number of carboxylic acid groups (broad SMARTS) is 1. The minimum Gasteiger partial charge on any atom is -0.481 e. The van der Waals surface area contributed by atoms with Gasteiger partial charge in [-0.2, -0.15) is 4.98 Å². The molecule has 1 rings (SSSR count). The predicted molar refractivity (Wildman–Crippen MR) is 71.5 cm³/mol. The second-order valence-electron chi connectivity index (χ2n) is 4.38. The number of nitrogens with one attached hydrogen (secondary N) is 1. The van der Waals surface area contributed by atoms with Crippen molar-refractivity contribution >= 4 is 12.0 Å². The van der Waals surface area contributed by atoms with Crippen LogP contribution in [0.15, 0.2) is 4.79 Å². The number of aryl methyl sites for hydroxylation is 1. The molecular weight excluding hydrogens is 264 g/mol. The number of carbonyl (C=O) groups excluding carboxylic acids is 1. The fourth-order valence-electron chi connectivity index (χ4n) is 1.99. The van der Waals surface area contributed by atoms with Gasteiger partial charge in [0, 0.05) is 30.9 Å². The smallest absolute Gasteiger partial charge is 0.348 e. The second-order valence-corrected chi connectivity index (χ2v) is 4.38. The summed E-state index contributed by atoms with van der Waals surface area (Å²) in [6.07, 6.45) is 0.282. The van der Waals surface area contributed by atoms with Crippen molar-refractivity contribution in [2.45, 2.75) is 33.2 Å². The summed E-state index contributed by atoms with van der Waals surface area (Å²) in [5.74, 6) is -0.906. The van der Waals surface area contributed by atoms with Crippen LogP contribution in [0, 0.1) is 13.8 Å². The average Bonchev–Trinajstić information content (AvgIpc) is 2.32. The number of amides is 2. The van der Waals surface area contributed by atoms with Gasteiger partial charge in [-0.15, -0.1) is 0 Å². The zero-order chi connectivity index (χ0) is 15.3. The molecule has 0 spiro atoms. The topological polar surface area (TPSA) is 127 Å². The Morgan fingerprint density at radius 1 is 1.40 bits per heavy atom. The van der Waals surface area contributed by atoms with Crippen LogP contribution in [0.3, 0.4) is 0 Å². The Labute approximate surface area is 115 Å². The van der Waals surface area contributed by atoms with Crippen molar-refractivity contribution < 1.29 is 14.7 Å². The van der Waals surface area contributed by atoms with Crippen LogP contribution in [0.5, 0.6) is 0 Å². The Morgan fingerprint density at radius 2 is 2.05 bits per heavy atom. The SMILES string of the molecule is Cc1nc(=O)n(CCNC(N)=O)c(C)c1CCC(=O)O. The summed E-state index contributed by atoms with van der Waals surface area (Å²) in [5.41, 5.74) is 6.46. The van der Waals surface area contributed by atoms with Gasteiger partial charge in [-0.1, -0.05) is 0 Å². The first-order valence-electron chi connectivity index (χ1n) is 6.15. The highest BCUT2D eigenvalue weighted by molar-refractivity contribution is 5.71. The maximum absolute atomic E-state index is 11.8. The third-order valence-electron chi connectivity index (χ3n) is 3.00. The highest BCUT2D eigenvalue weighted by Crippen LogP contribution is 2.11. The van der Waals surface area contributed by atoms with E-state index in [4.69, 9.17) is 10.8 Å². The van der Waals surface area contributed by atoms with Gasteiger partial charge in [0.2, 0.25) is 0 Å². The van der Waals surface area contributed by atoms with E-state index in [-0.39, 0.29) is 19.5 Å². The fraction of sp³-hybridized carbons (Fsp3) is 0.500. The Kier molecular flexibility index (Phi) is 5.24. The number of hydrogen-bond donors (Lipinski definition) is 3. The predicted octanol–water partition coefficient (Wildman–Crippen LogP) is -0.454. The summed E-state index contributed by atoms with van der Waals surface area (Å²) in [6, 6.07) is -0.665. The third-order valence-corrected chi connectivity index (χ3v) is 3.00. The summed E-state index contributed by atoms with van der Waals surface area (Å²) in [6.45, 7) is 3.86. The van der Waals surface area contributed by atoms with Crippen LogP contribution >= 0.6 is 0 Å². The second kappa shape index (κ2) is 6.69. The maximum Gasteiger partial charge on any atom is 0.348 e. The van der Waals surface area contributed by atoms with Crippen molar-refractivity contribution in [2.75, 3.05) is 6.54 Å². The Bertz CT molecular complexity index is 580. The van der Waals surface area contributed by atoms with E-state index in [2.05, 4.69) is 10.3 Å². The van der Waals surface area contributed by atoms with E-state index in [1.165, 1.54) is 4.57 Å². The van der Waals surface area contributed by atoms with Crippen LogP contribution in [0.25, 0.3) is 0 Å². The number of primary amides is 1. The van der Waals surface area contributed by atoms with Crippen LogP contribution < -0.4 is 16.7 Å². The van der Waals surface area contributed by atoms with E-state index in [1.54, 1.807) is 13.8 Å². The van der Waals surface area contributed by atoms with Gasteiger partial charge in [0.1, 0.15) is 0 Å². The molecule has 1 aromatic rings.